The SMILES string of the molecule is O=C(N[C@H](c1c(F)c(O)cc(Cl)c1Cl)C12CCC(F)(CC1)C2)C1CC(NCc2cccnn2)C1. The fraction of sp³-hybridized carbons (Fsp3) is 0.542. The van der Waals surface area contributed by atoms with Crippen LogP contribution in [0.15, 0.2) is 24.4 Å². The van der Waals surface area contributed by atoms with Crippen LogP contribution in [0.4, 0.5) is 8.78 Å². The van der Waals surface area contributed by atoms with E-state index in [1.54, 1.807) is 6.20 Å². The van der Waals surface area contributed by atoms with E-state index in [1.165, 1.54) is 0 Å². The lowest BCUT2D eigenvalue weighted by Crippen LogP contribution is -2.50. The zero-order valence-corrected chi connectivity index (χ0v) is 20.0. The Balaban J connectivity index is 1.32. The third-order valence-corrected chi connectivity index (χ3v) is 8.68. The molecule has 0 spiro atoms. The number of halogens is 4. The van der Waals surface area contributed by atoms with Gasteiger partial charge in [-0.25, -0.2) is 8.78 Å². The van der Waals surface area contributed by atoms with Crippen molar-refractivity contribution in [2.75, 3.05) is 0 Å². The second-order valence-corrected chi connectivity index (χ2v) is 10.8. The molecule has 2 bridgehead atoms. The minimum absolute atomic E-state index is 0.00867. The minimum atomic E-state index is -1.31. The Morgan fingerprint density at radius 1 is 1.26 bits per heavy atom. The van der Waals surface area contributed by atoms with Crippen LogP contribution >= 0.6 is 23.2 Å². The molecule has 1 aromatic heterocycles. The number of nitrogens with one attached hydrogen (secondary N) is 2. The molecule has 3 fully saturated rings. The molecular weight excluding hydrogens is 485 g/mol. The summed E-state index contributed by atoms with van der Waals surface area (Å²) in [6.45, 7) is 0.555. The van der Waals surface area contributed by atoms with Gasteiger partial charge in [0.2, 0.25) is 5.91 Å². The molecule has 0 radical (unpaired) electrons. The summed E-state index contributed by atoms with van der Waals surface area (Å²) in [6, 6.07) is 4.02. The third kappa shape index (κ3) is 4.25. The van der Waals surface area contributed by atoms with Gasteiger partial charge in [0.25, 0.3) is 0 Å². The van der Waals surface area contributed by atoms with E-state index in [4.69, 9.17) is 23.2 Å². The van der Waals surface area contributed by atoms with Gasteiger partial charge in [-0.3, -0.25) is 4.79 Å². The lowest BCUT2D eigenvalue weighted by Gasteiger charge is -2.40. The average molecular weight is 511 g/mol. The largest absolute Gasteiger partial charge is 0.505 e. The highest BCUT2D eigenvalue weighted by Gasteiger charge is 2.59. The molecule has 0 saturated heterocycles. The van der Waals surface area contributed by atoms with Gasteiger partial charge in [0.1, 0.15) is 5.67 Å². The molecule has 3 aliphatic carbocycles. The number of phenols is 1. The Labute approximate surface area is 206 Å². The standard InChI is InChI=1S/C24H26Cl2F2N4O2/c25-16-10-17(33)20(27)18(19(16)26)21(23-3-5-24(28,12-23)6-4-23)31-22(34)13-8-15(9-13)29-11-14-2-1-7-30-32-14/h1-2,7,10,13,15,21,29,33H,3-6,8-9,11-12H2,(H,31,34)/t13?,15?,21-,23?,24?/m1/s1. The molecule has 2 aromatic rings. The van der Waals surface area contributed by atoms with E-state index in [1.807, 2.05) is 12.1 Å². The molecule has 1 aromatic carbocycles. The van der Waals surface area contributed by atoms with Gasteiger partial charge in [-0.05, 0) is 62.5 Å². The number of hydrogen-bond donors (Lipinski definition) is 3. The van der Waals surface area contributed by atoms with E-state index in [0.717, 1.165) is 11.8 Å². The van der Waals surface area contributed by atoms with Crippen molar-refractivity contribution in [3.63, 3.8) is 0 Å². The summed E-state index contributed by atoms with van der Waals surface area (Å²) in [5, 5.41) is 24.3. The summed E-state index contributed by atoms with van der Waals surface area (Å²) in [6.07, 6.45) is 4.81. The number of hydrogen-bond acceptors (Lipinski definition) is 5. The highest BCUT2D eigenvalue weighted by atomic mass is 35.5. The number of rotatable bonds is 7. The van der Waals surface area contributed by atoms with Gasteiger partial charge < -0.3 is 15.7 Å². The lowest BCUT2D eigenvalue weighted by molar-refractivity contribution is -0.130. The molecule has 1 heterocycles. The second kappa shape index (κ2) is 8.88. The molecule has 10 heteroatoms. The van der Waals surface area contributed by atoms with Gasteiger partial charge in [0.15, 0.2) is 11.6 Å². The van der Waals surface area contributed by atoms with Crippen molar-refractivity contribution in [1.82, 2.24) is 20.8 Å². The van der Waals surface area contributed by atoms with Gasteiger partial charge in [-0.2, -0.15) is 10.2 Å². The fourth-order valence-electron chi connectivity index (χ4n) is 5.90. The molecule has 5 rings (SSSR count). The maximum absolute atomic E-state index is 15.2. The van der Waals surface area contributed by atoms with Crippen molar-refractivity contribution in [3.8, 4) is 5.75 Å². The van der Waals surface area contributed by atoms with Crippen molar-refractivity contribution in [3.05, 3.63) is 51.5 Å². The molecule has 6 nitrogen and oxygen atoms in total. The van der Waals surface area contributed by atoms with E-state index in [-0.39, 0.29) is 39.9 Å². The molecular formula is C24H26Cl2F2N4O2. The number of fused-ring (bicyclic) bond motifs is 2. The van der Waals surface area contributed by atoms with Crippen molar-refractivity contribution < 1.29 is 18.7 Å². The predicted molar refractivity (Wildman–Crippen MR) is 124 cm³/mol. The maximum atomic E-state index is 15.2. The molecule has 0 unspecified atom stereocenters. The molecule has 3 N–H and O–H groups in total. The summed E-state index contributed by atoms with van der Waals surface area (Å²) < 4.78 is 30.3. The van der Waals surface area contributed by atoms with Crippen LogP contribution in [-0.2, 0) is 11.3 Å². The summed E-state index contributed by atoms with van der Waals surface area (Å²) in [7, 11) is 0. The first kappa shape index (κ1) is 23.7. The van der Waals surface area contributed by atoms with Crippen LogP contribution in [0.2, 0.25) is 10.0 Å². The van der Waals surface area contributed by atoms with Crippen LogP contribution in [0.5, 0.6) is 5.75 Å². The van der Waals surface area contributed by atoms with Crippen molar-refractivity contribution >= 4 is 29.1 Å². The van der Waals surface area contributed by atoms with E-state index >= 15 is 8.78 Å². The monoisotopic (exact) mass is 510 g/mol. The molecule has 1 atom stereocenters. The Bertz CT molecular complexity index is 1060. The van der Waals surface area contributed by atoms with Gasteiger partial charge in [0.05, 0.1) is 21.8 Å². The number of nitrogens with zero attached hydrogens (tertiary/aromatic N) is 2. The van der Waals surface area contributed by atoms with E-state index in [9.17, 15) is 9.90 Å². The Morgan fingerprint density at radius 2 is 2.00 bits per heavy atom. The number of benzene rings is 1. The summed E-state index contributed by atoms with van der Waals surface area (Å²) in [5.41, 5.74) is -1.21. The minimum Gasteiger partial charge on any atom is -0.505 e. The van der Waals surface area contributed by atoms with Crippen LogP contribution < -0.4 is 10.6 Å². The number of amides is 1. The Kier molecular flexibility index (Phi) is 6.19. The molecule has 3 aliphatic rings. The highest BCUT2D eigenvalue weighted by Crippen LogP contribution is 2.64. The Morgan fingerprint density at radius 3 is 2.62 bits per heavy atom. The molecule has 1 amide bonds. The third-order valence-electron chi connectivity index (χ3n) is 7.88. The van der Waals surface area contributed by atoms with Crippen LogP contribution in [0.1, 0.15) is 62.2 Å². The van der Waals surface area contributed by atoms with Crippen molar-refractivity contribution in [1.29, 1.82) is 0 Å². The van der Waals surface area contributed by atoms with E-state index in [0.29, 0.717) is 45.1 Å². The quantitative estimate of drug-likeness (QED) is 0.455. The number of phenolic OH excluding ortho intramolecular Hbond substituents is 1. The summed E-state index contributed by atoms with van der Waals surface area (Å²) >= 11 is 12.5. The van der Waals surface area contributed by atoms with E-state index in [2.05, 4.69) is 20.8 Å². The van der Waals surface area contributed by atoms with Crippen LogP contribution in [-0.4, -0.2) is 32.9 Å². The first-order valence-corrected chi connectivity index (χ1v) is 12.3. The van der Waals surface area contributed by atoms with Crippen LogP contribution in [0.3, 0.4) is 0 Å². The number of aromatic nitrogens is 2. The second-order valence-electron chi connectivity index (χ2n) is 10.0. The van der Waals surface area contributed by atoms with Crippen LogP contribution in [0.25, 0.3) is 0 Å². The predicted octanol–water partition coefficient (Wildman–Crippen LogP) is 5.03. The van der Waals surface area contributed by atoms with Gasteiger partial charge in [-0.1, -0.05) is 23.2 Å². The smallest absolute Gasteiger partial charge is 0.223 e. The molecule has 3 saturated carbocycles. The Hall–Kier alpha value is -2.03. The first-order chi connectivity index (χ1) is 16.2. The number of carbonyl (C=O) groups excluding carboxylic acids is 1. The van der Waals surface area contributed by atoms with Gasteiger partial charge in [0, 0.05) is 36.3 Å². The van der Waals surface area contributed by atoms with Gasteiger partial charge >= 0.3 is 0 Å². The first-order valence-electron chi connectivity index (χ1n) is 11.6. The maximum Gasteiger partial charge on any atom is 0.223 e. The fourth-order valence-corrected chi connectivity index (χ4v) is 6.35. The van der Waals surface area contributed by atoms with Crippen LogP contribution in [0, 0.1) is 17.2 Å². The zero-order valence-electron chi connectivity index (χ0n) is 18.5. The lowest BCUT2D eigenvalue weighted by atomic mass is 9.73. The normalized spacial score (nSPS) is 30.7. The molecule has 0 aliphatic heterocycles. The highest BCUT2D eigenvalue weighted by molar-refractivity contribution is 6.42. The topological polar surface area (TPSA) is 87.1 Å². The molecule has 34 heavy (non-hydrogen) atoms. The molecule has 182 valence electrons. The van der Waals surface area contributed by atoms with Crippen molar-refractivity contribution in [2.45, 2.75) is 69.2 Å². The van der Waals surface area contributed by atoms with Gasteiger partial charge in [-0.15, -0.1) is 0 Å². The van der Waals surface area contributed by atoms with Crippen molar-refractivity contribution in [2.24, 2.45) is 11.3 Å². The zero-order chi connectivity index (χ0) is 24.1. The summed E-state index contributed by atoms with van der Waals surface area (Å²) in [5.74, 6) is -2.05. The number of alkyl halides is 1. The van der Waals surface area contributed by atoms with E-state index < -0.39 is 28.7 Å². The number of carbonyl (C=O) groups is 1. The summed E-state index contributed by atoms with van der Waals surface area (Å²) in [4.78, 5) is 13.2. The number of aromatic hydroxyl groups is 1. The average Bonchev–Trinajstić information content (AvgIpc) is 3.31.